The first-order valence-electron chi connectivity index (χ1n) is 9.24. The van der Waals surface area contributed by atoms with E-state index < -0.39 is 0 Å². The van der Waals surface area contributed by atoms with Crippen LogP contribution in [0.2, 0.25) is 0 Å². The molecule has 0 unspecified atom stereocenters. The van der Waals surface area contributed by atoms with Crippen molar-refractivity contribution in [2.24, 2.45) is 0 Å². The fourth-order valence-corrected chi connectivity index (χ4v) is 3.19. The summed E-state index contributed by atoms with van der Waals surface area (Å²) in [6.45, 7) is 7.38. The quantitative estimate of drug-likeness (QED) is 0.841. The first-order chi connectivity index (χ1) is 12.2. The number of hydrogen-bond acceptors (Lipinski definition) is 4. The Labute approximate surface area is 149 Å². The second kappa shape index (κ2) is 8.30. The number of nitrogens with zero attached hydrogens (tertiary/aromatic N) is 2. The van der Waals surface area contributed by atoms with Crippen molar-refractivity contribution in [1.29, 1.82) is 0 Å². The maximum Gasteiger partial charge on any atom is 0.255 e. The van der Waals surface area contributed by atoms with E-state index in [-0.39, 0.29) is 5.56 Å². The van der Waals surface area contributed by atoms with Gasteiger partial charge in [0.1, 0.15) is 11.6 Å². The van der Waals surface area contributed by atoms with Gasteiger partial charge in [-0.1, -0.05) is 26.0 Å². The molecule has 0 saturated carbocycles. The molecule has 5 heteroatoms. The molecule has 1 aromatic heterocycles. The van der Waals surface area contributed by atoms with Crippen LogP contribution in [0.5, 0.6) is 5.75 Å². The highest BCUT2D eigenvalue weighted by Crippen LogP contribution is 2.18. The molecule has 1 aromatic carbocycles. The maximum atomic E-state index is 12.4. The largest absolute Gasteiger partial charge is 0.494 e. The number of hydrogen-bond donors (Lipinski definition) is 1. The van der Waals surface area contributed by atoms with Crippen molar-refractivity contribution in [3.63, 3.8) is 0 Å². The lowest BCUT2D eigenvalue weighted by Gasteiger charge is -2.27. The normalized spacial score (nSPS) is 14.3. The number of ether oxygens (including phenoxy) is 1. The monoisotopic (exact) mass is 341 g/mol. The Kier molecular flexibility index (Phi) is 5.87. The van der Waals surface area contributed by atoms with Crippen molar-refractivity contribution in [3.05, 3.63) is 57.3 Å². The molecular weight excluding hydrogens is 314 g/mol. The van der Waals surface area contributed by atoms with Crippen molar-refractivity contribution in [2.45, 2.75) is 52.6 Å². The third-order valence-corrected chi connectivity index (χ3v) is 4.49. The molecule has 134 valence electrons. The summed E-state index contributed by atoms with van der Waals surface area (Å²) < 4.78 is 5.63. The Morgan fingerprint density at radius 2 is 2.00 bits per heavy atom. The van der Waals surface area contributed by atoms with Crippen LogP contribution >= 0.6 is 0 Å². The van der Waals surface area contributed by atoms with Gasteiger partial charge in [0.05, 0.1) is 17.9 Å². The molecular formula is C20H27N3O2. The molecule has 5 nitrogen and oxygen atoms in total. The van der Waals surface area contributed by atoms with E-state index in [1.807, 2.05) is 12.1 Å². The Morgan fingerprint density at radius 3 is 2.72 bits per heavy atom. The molecule has 0 atom stereocenters. The molecule has 0 radical (unpaired) electrons. The SMILES string of the molecule is CCCOc1ccc(CN2CCc3nc(CCC)[nH]c(=O)c3C2)cc1. The fourth-order valence-electron chi connectivity index (χ4n) is 3.19. The summed E-state index contributed by atoms with van der Waals surface area (Å²) in [5.41, 5.74) is 3.07. The van der Waals surface area contributed by atoms with Gasteiger partial charge in [-0.05, 0) is 30.5 Å². The minimum atomic E-state index is 0.0291. The average Bonchev–Trinajstić information content (AvgIpc) is 2.62. The molecule has 0 fully saturated rings. The zero-order chi connectivity index (χ0) is 17.6. The number of fused-ring (bicyclic) bond motifs is 1. The Balaban J connectivity index is 1.66. The second-order valence-corrected chi connectivity index (χ2v) is 6.64. The van der Waals surface area contributed by atoms with Crippen molar-refractivity contribution in [3.8, 4) is 5.75 Å². The molecule has 25 heavy (non-hydrogen) atoms. The highest BCUT2D eigenvalue weighted by molar-refractivity contribution is 5.28. The van der Waals surface area contributed by atoms with Crippen LogP contribution in [0.4, 0.5) is 0 Å². The summed E-state index contributed by atoms with van der Waals surface area (Å²) in [5.74, 6) is 1.74. The van der Waals surface area contributed by atoms with Crippen molar-refractivity contribution in [1.82, 2.24) is 14.9 Å². The Hall–Kier alpha value is -2.14. The number of aryl methyl sites for hydroxylation is 1. The Morgan fingerprint density at radius 1 is 1.20 bits per heavy atom. The van der Waals surface area contributed by atoms with Gasteiger partial charge in [-0.3, -0.25) is 9.69 Å². The first kappa shape index (κ1) is 17.7. The standard InChI is InChI=1S/C20H27N3O2/c1-3-5-19-21-18-10-11-23(14-17(18)20(24)22-19)13-15-6-8-16(9-7-15)25-12-4-2/h6-9H,3-5,10-14H2,1-2H3,(H,21,22,24). The van der Waals surface area contributed by atoms with Crippen LogP contribution in [0.25, 0.3) is 0 Å². The predicted octanol–water partition coefficient (Wildman–Crippen LogP) is 3.07. The molecule has 0 bridgehead atoms. The van der Waals surface area contributed by atoms with Gasteiger partial charge in [-0.25, -0.2) is 4.98 Å². The zero-order valence-corrected chi connectivity index (χ0v) is 15.2. The number of H-pyrrole nitrogens is 1. The average molecular weight is 341 g/mol. The molecule has 3 rings (SSSR count). The topological polar surface area (TPSA) is 58.2 Å². The van der Waals surface area contributed by atoms with Crippen LogP contribution in [0, 0.1) is 0 Å². The zero-order valence-electron chi connectivity index (χ0n) is 15.2. The van der Waals surface area contributed by atoms with Crippen LogP contribution in [-0.2, 0) is 25.9 Å². The van der Waals surface area contributed by atoms with Crippen LogP contribution in [-0.4, -0.2) is 28.0 Å². The van der Waals surface area contributed by atoms with E-state index >= 15 is 0 Å². The first-order valence-corrected chi connectivity index (χ1v) is 9.24. The molecule has 1 N–H and O–H groups in total. The minimum absolute atomic E-state index is 0.0291. The molecule has 1 aliphatic heterocycles. The van der Waals surface area contributed by atoms with E-state index in [0.29, 0.717) is 6.54 Å². The molecule has 2 heterocycles. The molecule has 1 aliphatic rings. The van der Waals surface area contributed by atoms with E-state index in [4.69, 9.17) is 4.74 Å². The van der Waals surface area contributed by atoms with Gasteiger partial charge in [-0.2, -0.15) is 0 Å². The predicted molar refractivity (Wildman–Crippen MR) is 98.9 cm³/mol. The summed E-state index contributed by atoms with van der Waals surface area (Å²) in [4.78, 5) is 22.3. The fraction of sp³-hybridized carbons (Fsp3) is 0.500. The number of benzene rings is 1. The molecule has 0 saturated heterocycles. The number of rotatable bonds is 7. The molecule has 0 spiro atoms. The lowest BCUT2D eigenvalue weighted by molar-refractivity contribution is 0.241. The summed E-state index contributed by atoms with van der Waals surface area (Å²) in [5, 5.41) is 0. The van der Waals surface area contributed by atoms with Crippen LogP contribution in [0.3, 0.4) is 0 Å². The van der Waals surface area contributed by atoms with E-state index in [1.54, 1.807) is 0 Å². The summed E-state index contributed by atoms with van der Waals surface area (Å²) in [6, 6.07) is 8.25. The van der Waals surface area contributed by atoms with Crippen LogP contribution in [0.1, 0.15) is 49.3 Å². The lowest BCUT2D eigenvalue weighted by atomic mass is 10.1. The molecule has 0 amide bonds. The van der Waals surface area contributed by atoms with Gasteiger partial charge >= 0.3 is 0 Å². The van der Waals surface area contributed by atoms with Crippen LogP contribution < -0.4 is 10.3 Å². The van der Waals surface area contributed by atoms with E-state index in [2.05, 4.69) is 40.8 Å². The highest BCUT2D eigenvalue weighted by Gasteiger charge is 2.21. The van der Waals surface area contributed by atoms with E-state index in [0.717, 1.165) is 68.2 Å². The number of aromatic nitrogens is 2. The van der Waals surface area contributed by atoms with Crippen LogP contribution in [0.15, 0.2) is 29.1 Å². The lowest BCUT2D eigenvalue weighted by Crippen LogP contribution is -2.35. The van der Waals surface area contributed by atoms with Gasteiger partial charge in [0.2, 0.25) is 0 Å². The molecule has 2 aromatic rings. The Bertz CT molecular complexity index is 753. The number of nitrogens with one attached hydrogen (secondary N) is 1. The summed E-state index contributed by atoms with van der Waals surface area (Å²) >= 11 is 0. The van der Waals surface area contributed by atoms with Gasteiger partial charge < -0.3 is 9.72 Å². The van der Waals surface area contributed by atoms with Crippen molar-refractivity contribution >= 4 is 0 Å². The van der Waals surface area contributed by atoms with E-state index in [9.17, 15) is 4.79 Å². The molecule has 0 aliphatic carbocycles. The van der Waals surface area contributed by atoms with Gasteiger partial charge in [0, 0.05) is 32.5 Å². The number of aromatic amines is 1. The third kappa shape index (κ3) is 4.48. The van der Waals surface area contributed by atoms with E-state index in [1.165, 1.54) is 5.56 Å². The maximum absolute atomic E-state index is 12.4. The highest BCUT2D eigenvalue weighted by atomic mass is 16.5. The summed E-state index contributed by atoms with van der Waals surface area (Å²) in [6.07, 6.45) is 3.68. The van der Waals surface area contributed by atoms with Crippen molar-refractivity contribution in [2.75, 3.05) is 13.2 Å². The van der Waals surface area contributed by atoms with Crippen molar-refractivity contribution < 1.29 is 4.74 Å². The van der Waals surface area contributed by atoms with Gasteiger partial charge in [0.25, 0.3) is 5.56 Å². The second-order valence-electron chi connectivity index (χ2n) is 6.64. The summed E-state index contributed by atoms with van der Waals surface area (Å²) in [7, 11) is 0. The minimum Gasteiger partial charge on any atom is -0.494 e. The van der Waals surface area contributed by atoms with Gasteiger partial charge in [0.15, 0.2) is 0 Å². The van der Waals surface area contributed by atoms with Gasteiger partial charge in [-0.15, -0.1) is 0 Å². The third-order valence-electron chi connectivity index (χ3n) is 4.49. The smallest absolute Gasteiger partial charge is 0.255 e.